The van der Waals surface area contributed by atoms with Crippen molar-refractivity contribution in [2.45, 2.75) is 51.7 Å². The molecule has 0 aliphatic carbocycles. The molecular weight excluding hydrogens is 266 g/mol. The number of ether oxygens (including phenoxy) is 4. The summed E-state index contributed by atoms with van der Waals surface area (Å²) in [6.45, 7) is 7.89. The summed E-state index contributed by atoms with van der Waals surface area (Å²) in [5.74, 6) is -1.13. The Morgan fingerprint density at radius 2 is 1.90 bits per heavy atom. The number of carbonyl (C=O) groups excluding carboxylic acids is 2. The normalized spacial score (nSPS) is 31.0. The van der Waals surface area contributed by atoms with Crippen molar-refractivity contribution in [1.82, 2.24) is 4.90 Å². The van der Waals surface area contributed by atoms with Crippen LogP contribution in [0, 0.1) is 0 Å². The standard InChI is InChI=1S/C13H21NO6/c1-5-17-11(15)10-9(14(10)12(16)18-6-2)8-7-19-13(3,4)20-8/h8-10H,5-7H2,1-4H3/t8-,9-,10+,14?/m0/s1. The summed E-state index contributed by atoms with van der Waals surface area (Å²) in [4.78, 5) is 25.1. The predicted octanol–water partition coefficient (Wildman–Crippen LogP) is 0.910. The Morgan fingerprint density at radius 1 is 1.25 bits per heavy atom. The van der Waals surface area contributed by atoms with Crippen LogP contribution in [0.25, 0.3) is 0 Å². The third-order valence-corrected chi connectivity index (χ3v) is 3.27. The molecule has 0 bridgehead atoms. The van der Waals surface area contributed by atoms with E-state index >= 15 is 0 Å². The van der Waals surface area contributed by atoms with Crippen LogP contribution < -0.4 is 0 Å². The van der Waals surface area contributed by atoms with Gasteiger partial charge in [0.05, 0.1) is 25.9 Å². The van der Waals surface area contributed by atoms with Crippen LogP contribution in [-0.4, -0.2) is 60.8 Å². The average molecular weight is 287 g/mol. The molecule has 0 saturated carbocycles. The number of carbonyl (C=O) groups is 2. The Morgan fingerprint density at radius 3 is 2.40 bits per heavy atom. The molecule has 2 fully saturated rings. The first-order chi connectivity index (χ1) is 9.41. The Kier molecular flexibility index (Phi) is 4.19. The van der Waals surface area contributed by atoms with Crippen molar-refractivity contribution in [2.24, 2.45) is 0 Å². The molecule has 2 aliphatic heterocycles. The Bertz CT molecular complexity index is 372. The van der Waals surface area contributed by atoms with Gasteiger partial charge in [0.25, 0.3) is 0 Å². The van der Waals surface area contributed by atoms with Crippen molar-refractivity contribution in [3.63, 3.8) is 0 Å². The van der Waals surface area contributed by atoms with Crippen LogP contribution in [0.4, 0.5) is 4.79 Å². The van der Waals surface area contributed by atoms with Crippen LogP contribution in [0.1, 0.15) is 27.7 Å². The Labute approximate surface area is 118 Å². The Hall–Kier alpha value is -1.34. The molecule has 114 valence electrons. The van der Waals surface area contributed by atoms with Crippen LogP contribution in [0.15, 0.2) is 0 Å². The van der Waals surface area contributed by atoms with Gasteiger partial charge in [0, 0.05) is 0 Å². The largest absolute Gasteiger partial charge is 0.464 e. The first-order valence-electron chi connectivity index (χ1n) is 6.84. The number of rotatable bonds is 4. The highest BCUT2D eigenvalue weighted by atomic mass is 16.7. The van der Waals surface area contributed by atoms with Crippen LogP contribution in [0.5, 0.6) is 0 Å². The van der Waals surface area contributed by atoms with Gasteiger partial charge < -0.3 is 18.9 Å². The minimum absolute atomic E-state index is 0.255. The second-order valence-electron chi connectivity index (χ2n) is 5.16. The predicted molar refractivity (Wildman–Crippen MR) is 68.0 cm³/mol. The van der Waals surface area contributed by atoms with Gasteiger partial charge in [-0.1, -0.05) is 0 Å². The van der Waals surface area contributed by atoms with Crippen LogP contribution >= 0.6 is 0 Å². The fraction of sp³-hybridized carbons (Fsp3) is 0.846. The van der Waals surface area contributed by atoms with E-state index in [2.05, 4.69) is 0 Å². The van der Waals surface area contributed by atoms with Crippen molar-refractivity contribution >= 4 is 12.1 Å². The number of hydrogen-bond donors (Lipinski definition) is 0. The van der Waals surface area contributed by atoms with Gasteiger partial charge in [0.15, 0.2) is 11.8 Å². The first-order valence-corrected chi connectivity index (χ1v) is 6.84. The quantitative estimate of drug-likeness (QED) is 0.565. The fourth-order valence-electron chi connectivity index (χ4n) is 2.43. The van der Waals surface area contributed by atoms with Crippen LogP contribution in [0.2, 0.25) is 0 Å². The van der Waals surface area contributed by atoms with E-state index in [1.807, 2.05) is 0 Å². The maximum atomic E-state index is 11.9. The van der Waals surface area contributed by atoms with E-state index in [4.69, 9.17) is 18.9 Å². The van der Waals surface area contributed by atoms with Crippen LogP contribution in [0.3, 0.4) is 0 Å². The van der Waals surface area contributed by atoms with Crippen molar-refractivity contribution in [3.8, 4) is 0 Å². The molecule has 0 radical (unpaired) electrons. The molecule has 7 nitrogen and oxygen atoms in total. The van der Waals surface area contributed by atoms with Gasteiger partial charge in [-0.25, -0.2) is 9.59 Å². The number of nitrogens with zero attached hydrogens (tertiary/aromatic N) is 1. The summed E-state index contributed by atoms with van der Waals surface area (Å²) in [6.07, 6.45) is -0.868. The van der Waals surface area contributed by atoms with Gasteiger partial charge in [-0.3, -0.25) is 4.90 Å². The van der Waals surface area contributed by atoms with Crippen LogP contribution in [-0.2, 0) is 23.7 Å². The highest BCUT2D eigenvalue weighted by Crippen LogP contribution is 2.39. The van der Waals surface area contributed by atoms with E-state index in [0.717, 1.165) is 0 Å². The highest BCUT2D eigenvalue weighted by molar-refractivity contribution is 5.88. The zero-order valence-electron chi connectivity index (χ0n) is 12.3. The van der Waals surface area contributed by atoms with Crippen molar-refractivity contribution in [3.05, 3.63) is 0 Å². The van der Waals surface area contributed by atoms with Gasteiger partial charge in [-0.05, 0) is 27.7 Å². The molecule has 2 saturated heterocycles. The number of amides is 1. The van der Waals surface area contributed by atoms with E-state index in [1.165, 1.54) is 4.90 Å². The minimum Gasteiger partial charge on any atom is -0.464 e. The lowest BCUT2D eigenvalue weighted by molar-refractivity contribution is -0.145. The lowest BCUT2D eigenvalue weighted by atomic mass is 10.2. The molecule has 7 heteroatoms. The summed E-state index contributed by atoms with van der Waals surface area (Å²) >= 11 is 0. The van der Waals surface area contributed by atoms with Gasteiger partial charge in [0.1, 0.15) is 6.10 Å². The minimum atomic E-state index is -0.702. The van der Waals surface area contributed by atoms with Crippen molar-refractivity contribution in [2.75, 3.05) is 19.8 Å². The van der Waals surface area contributed by atoms with Crippen molar-refractivity contribution < 1.29 is 28.5 Å². The molecule has 0 unspecified atom stereocenters. The molecule has 1 amide bonds. The molecule has 2 aliphatic rings. The number of esters is 1. The molecule has 20 heavy (non-hydrogen) atoms. The SMILES string of the molecule is CCOC(=O)[C@H]1[C@H]([C@@H]2COC(C)(C)O2)N1C(=O)OCC. The van der Waals surface area contributed by atoms with Gasteiger partial charge in [-0.2, -0.15) is 0 Å². The van der Waals surface area contributed by atoms with E-state index in [1.54, 1.807) is 27.7 Å². The maximum Gasteiger partial charge on any atom is 0.411 e. The molecule has 0 N–H and O–H groups in total. The summed E-state index contributed by atoms with van der Waals surface area (Å²) in [5.41, 5.74) is 0. The van der Waals surface area contributed by atoms with Gasteiger partial charge >= 0.3 is 12.1 Å². The molecular formula is C13H21NO6. The molecule has 3 atom stereocenters. The zero-order valence-corrected chi connectivity index (χ0v) is 12.3. The molecule has 0 spiro atoms. The summed E-state index contributed by atoms with van der Waals surface area (Å²) in [7, 11) is 0. The summed E-state index contributed by atoms with van der Waals surface area (Å²) < 4.78 is 21.1. The van der Waals surface area contributed by atoms with E-state index in [9.17, 15) is 9.59 Å². The monoisotopic (exact) mass is 287 g/mol. The van der Waals surface area contributed by atoms with E-state index in [-0.39, 0.29) is 25.4 Å². The lowest BCUT2D eigenvalue weighted by Gasteiger charge is -2.16. The maximum absolute atomic E-state index is 11.9. The first kappa shape index (κ1) is 15.1. The van der Waals surface area contributed by atoms with Crippen molar-refractivity contribution in [1.29, 1.82) is 0 Å². The molecule has 0 aromatic carbocycles. The summed E-state index contributed by atoms with van der Waals surface area (Å²) in [5, 5.41) is 0. The lowest BCUT2D eigenvalue weighted by Crippen LogP contribution is -2.28. The molecule has 2 heterocycles. The molecule has 0 aromatic heterocycles. The fourth-order valence-corrected chi connectivity index (χ4v) is 2.43. The molecule has 0 aromatic rings. The Balaban J connectivity index is 2.05. The zero-order chi connectivity index (χ0) is 14.9. The van der Waals surface area contributed by atoms with E-state index < -0.39 is 23.9 Å². The number of hydrogen-bond acceptors (Lipinski definition) is 6. The second kappa shape index (κ2) is 5.57. The summed E-state index contributed by atoms with van der Waals surface area (Å²) in [6, 6.07) is -1.02. The molecule has 2 rings (SSSR count). The van der Waals surface area contributed by atoms with E-state index in [0.29, 0.717) is 6.61 Å². The van der Waals surface area contributed by atoms with Gasteiger partial charge in [-0.15, -0.1) is 0 Å². The topological polar surface area (TPSA) is 74.1 Å². The highest BCUT2D eigenvalue weighted by Gasteiger charge is 2.63. The average Bonchev–Trinajstić information content (AvgIpc) is 3.01. The third kappa shape index (κ3) is 2.88. The van der Waals surface area contributed by atoms with Gasteiger partial charge in [0.2, 0.25) is 0 Å². The third-order valence-electron chi connectivity index (χ3n) is 3.27. The second-order valence-corrected chi connectivity index (χ2v) is 5.16. The smallest absolute Gasteiger partial charge is 0.411 e.